The van der Waals surface area contributed by atoms with Gasteiger partial charge in [0.05, 0.1) is 0 Å². The van der Waals surface area contributed by atoms with Gasteiger partial charge in [0.25, 0.3) is 0 Å². The normalized spacial score (nSPS) is 11.1. The van der Waals surface area contributed by atoms with E-state index >= 15 is 0 Å². The van der Waals surface area contributed by atoms with Crippen molar-refractivity contribution in [1.82, 2.24) is 0 Å². The minimum atomic E-state index is -6.06. The number of rotatable bonds is 0. The Morgan fingerprint density at radius 3 is 0.818 bits per heavy atom. The van der Waals surface area contributed by atoms with Crippen molar-refractivity contribution in [3.63, 3.8) is 0 Å². The summed E-state index contributed by atoms with van der Waals surface area (Å²) in [5.41, 5.74) is 0. The van der Waals surface area contributed by atoms with E-state index in [9.17, 15) is 26.3 Å². The molecule has 0 fully saturated rings. The molecule has 0 aliphatic heterocycles. The first-order valence-electron chi connectivity index (χ1n) is 1.79. The molecule has 0 N–H and O–H groups in total. The van der Waals surface area contributed by atoms with Crippen molar-refractivity contribution < 1.29 is 35.9 Å². The van der Waals surface area contributed by atoms with Crippen molar-refractivity contribution in [1.29, 1.82) is 0 Å². The lowest BCUT2D eigenvalue weighted by atomic mass is 10.7. The first-order valence-corrected chi connectivity index (χ1v) is 1.79. The van der Waals surface area contributed by atoms with Gasteiger partial charge in [-0.1, -0.05) is 0 Å². The SMILES string of the molecule is FC(F)(F)C(F)(F)F.O=C=O. The standard InChI is InChI=1S/C2F6.CO2/c3-1(4,5)2(6,7)8;2-1-3. The van der Waals surface area contributed by atoms with Crippen LogP contribution in [0.4, 0.5) is 26.3 Å². The van der Waals surface area contributed by atoms with Crippen LogP contribution in [-0.4, -0.2) is 18.5 Å². The number of halogens is 6. The lowest BCUT2D eigenvalue weighted by Crippen LogP contribution is -2.30. The third-order valence-electron chi connectivity index (χ3n) is 0.321. The maximum atomic E-state index is 10.4. The predicted octanol–water partition coefficient (Wildman–Crippen LogP) is 1.53. The van der Waals surface area contributed by atoms with Gasteiger partial charge in [0.15, 0.2) is 0 Å². The number of alkyl halides is 6. The van der Waals surface area contributed by atoms with Crippen LogP contribution in [0.15, 0.2) is 0 Å². The van der Waals surface area contributed by atoms with Crippen LogP contribution in [0.2, 0.25) is 0 Å². The molecule has 0 amide bonds. The monoisotopic (exact) mass is 182 g/mol. The fourth-order valence-electron chi connectivity index (χ4n) is 0. The maximum absolute atomic E-state index is 10.4. The maximum Gasteiger partial charge on any atom is 0.487 e. The molecule has 66 valence electrons. The van der Waals surface area contributed by atoms with Crippen molar-refractivity contribution in [3.8, 4) is 0 Å². The van der Waals surface area contributed by atoms with E-state index in [1.54, 1.807) is 0 Å². The van der Waals surface area contributed by atoms with Crippen LogP contribution < -0.4 is 0 Å². The van der Waals surface area contributed by atoms with Gasteiger partial charge >= 0.3 is 18.5 Å². The molecule has 0 saturated carbocycles. The quantitative estimate of drug-likeness (QED) is 0.532. The summed E-state index contributed by atoms with van der Waals surface area (Å²) < 4.78 is 62.6. The number of carbonyl (C=O) groups excluding carboxylic acids is 2. The average molecular weight is 182 g/mol. The third kappa shape index (κ3) is 6.85. The van der Waals surface area contributed by atoms with E-state index in [0.29, 0.717) is 0 Å². The van der Waals surface area contributed by atoms with E-state index in [-0.39, 0.29) is 6.15 Å². The Bertz CT molecular complexity index is 125. The summed E-state index contributed by atoms with van der Waals surface area (Å²) in [6, 6.07) is 0. The minimum absolute atomic E-state index is 0.250. The first-order chi connectivity index (χ1) is 4.66. The van der Waals surface area contributed by atoms with Gasteiger partial charge in [-0.2, -0.15) is 35.9 Å². The summed E-state index contributed by atoms with van der Waals surface area (Å²) in [6.07, 6.45) is -11.9. The van der Waals surface area contributed by atoms with Gasteiger partial charge in [0.1, 0.15) is 0 Å². The molecule has 0 aromatic carbocycles. The third-order valence-corrected chi connectivity index (χ3v) is 0.321. The Kier molecular flexibility index (Phi) is 4.55. The zero-order valence-electron chi connectivity index (χ0n) is 4.58. The summed E-state index contributed by atoms with van der Waals surface area (Å²) in [7, 11) is 0. The molecular formula is C3F6O2. The average Bonchev–Trinajstić information content (AvgIpc) is 1.60. The summed E-state index contributed by atoms with van der Waals surface area (Å²) in [5.74, 6) is 0. The fourth-order valence-corrected chi connectivity index (χ4v) is 0. The molecular weight excluding hydrogens is 182 g/mol. The van der Waals surface area contributed by atoms with E-state index in [4.69, 9.17) is 9.59 Å². The first kappa shape index (κ1) is 12.6. The molecule has 0 radical (unpaired) electrons. The van der Waals surface area contributed by atoms with Crippen molar-refractivity contribution >= 4 is 6.15 Å². The Morgan fingerprint density at radius 2 is 0.818 bits per heavy atom. The van der Waals surface area contributed by atoms with Crippen molar-refractivity contribution in [3.05, 3.63) is 0 Å². The van der Waals surface area contributed by atoms with Crippen LogP contribution in [0.5, 0.6) is 0 Å². The van der Waals surface area contributed by atoms with E-state index in [2.05, 4.69) is 0 Å². The molecule has 0 bridgehead atoms. The van der Waals surface area contributed by atoms with Crippen molar-refractivity contribution in [2.24, 2.45) is 0 Å². The van der Waals surface area contributed by atoms with Gasteiger partial charge in [-0.3, -0.25) is 0 Å². The number of hydrogen-bond donors (Lipinski definition) is 0. The van der Waals surface area contributed by atoms with Gasteiger partial charge in [-0.05, 0) is 0 Å². The Morgan fingerprint density at radius 1 is 0.727 bits per heavy atom. The van der Waals surface area contributed by atoms with Crippen LogP contribution in [0, 0.1) is 0 Å². The van der Waals surface area contributed by atoms with Crippen molar-refractivity contribution in [2.45, 2.75) is 12.4 Å². The molecule has 0 aliphatic rings. The van der Waals surface area contributed by atoms with Gasteiger partial charge in [-0.15, -0.1) is 0 Å². The van der Waals surface area contributed by atoms with E-state index in [1.165, 1.54) is 0 Å². The molecule has 0 aliphatic carbocycles. The topological polar surface area (TPSA) is 34.1 Å². The second-order valence-corrected chi connectivity index (χ2v) is 1.08. The molecule has 0 atom stereocenters. The Labute approximate surface area is 55.8 Å². The highest BCUT2D eigenvalue weighted by molar-refractivity contribution is 5.20. The molecule has 0 aromatic rings. The summed E-state index contributed by atoms with van der Waals surface area (Å²) in [4.78, 5) is 16.2. The van der Waals surface area contributed by atoms with Crippen LogP contribution in [-0.2, 0) is 9.59 Å². The van der Waals surface area contributed by atoms with E-state index in [0.717, 1.165) is 0 Å². The van der Waals surface area contributed by atoms with Gasteiger partial charge in [0.2, 0.25) is 0 Å². The van der Waals surface area contributed by atoms with Gasteiger partial charge < -0.3 is 0 Å². The smallest absolute Gasteiger partial charge is 0.186 e. The summed E-state index contributed by atoms with van der Waals surface area (Å²) >= 11 is 0. The van der Waals surface area contributed by atoms with Gasteiger partial charge in [0, 0.05) is 0 Å². The Hall–Kier alpha value is -1.04. The zero-order valence-corrected chi connectivity index (χ0v) is 4.58. The largest absolute Gasteiger partial charge is 0.487 e. The predicted molar refractivity (Wildman–Crippen MR) is 17.1 cm³/mol. The second kappa shape index (κ2) is 3.97. The minimum Gasteiger partial charge on any atom is -0.186 e. The molecule has 0 rings (SSSR count). The van der Waals surface area contributed by atoms with E-state index in [1.807, 2.05) is 0 Å². The van der Waals surface area contributed by atoms with Gasteiger partial charge in [-0.25, -0.2) is 0 Å². The zero-order chi connectivity index (χ0) is 9.71. The lowest BCUT2D eigenvalue weighted by Gasteiger charge is -2.08. The molecule has 2 nitrogen and oxygen atoms in total. The lowest BCUT2D eigenvalue weighted by molar-refractivity contribution is -0.339. The summed E-state index contributed by atoms with van der Waals surface area (Å²) in [5, 5.41) is 0. The summed E-state index contributed by atoms with van der Waals surface area (Å²) in [6.45, 7) is 0. The molecule has 0 aromatic heterocycles. The second-order valence-electron chi connectivity index (χ2n) is 1.08. The highest BCUT2D eigenvalue weighted by Crippen LogP contribution is 2.35. The number of hydrogen-bond acceptors (Lipinski definition) is 2. The van der Waals surface area contributed by atoms with Crippen molar-refractivity contribution in [2.75, 3.05) is 0 Å². The van der Waals surface area contributed by atoms with Crippen LogP contribution in [0.3, 0.4) is 0 Å². The van der Waals surface area contributed by atoms with Crippen LogP contribution in [0.25, 0.3) is 0 Å². The molecule has 0 unspecified atom stereocenters. The van der Waals surface area contributed by atoms with Crippen LogP contribution >= 0.6 is 0 Å². The Balaban J connectivity index is 0. The highest BCUT2D eigenvalue weighted by atomic mass is 19.5. The molecule has 0 spiro atoms. The molecule has 8 heteroatoms. The molecule has 0 heterocycles. The molecule has 11 heavy (non-hydrogen) atoms. The molecule has 0 saturated heterocycles. The van der Waals surface area contributed by atoms with E-state index < -0.39 is 12.4 Å². The fraction of sp³-hybridized carbons (Fsp3) is 0.667. The highest BCUT2D eigenvalue weighted by Gasteiger charge is 2.58. The van der Waals surface area contributed by atoms with Crippen LogP contribution in [0.1, 0.15) is 0 Å².